The van der Waals surface area contributed by atoms with E-state index in [-0.39, 0.29) is 28.4 Å². The Balaban J connectivity index is 1.94. The van der Waals surface area contributed by atoms with Gasteiger partial charge in [-0.3, -0.25) is 19.6 Å². The molecule has 0 bridgehead atoms. The third-order valence-electron chi connectivity index (χ3n) is 4.38. The van der Waals surface area contributed by atoms with E-state index >= 15 is 0 Å². The first-order chi connectivity index (χ1) is 14.8. The number of anilines is 2. The first kappa shape index (κ1) is 21.7. The van der Waals surface area contributed by atoms with Gasteiger partial charge in [-0.15, -0.1) is 6.58 Å². The minimum Gasteiger partial charge on any atom is -0.305 e. The molecule has 0 saturated carbocycles. The van der Waals surface area contributed by atoms with Crippen molar-refractivity contribution in [3.8, 4) is 0 Å². The Morgan fingerprint density at radius 3 is 2.23 bits per heavy atom. The molecule has 0 atom stereocenters. The van der Waals surface area contributed by atoms with E-state index < -0.39 is 20.9 Å². The average Bonchev–Trinajstić information content (AvgIpc) is 2.78. The van der Waals surface area contributed by atoms with Gasteiger partial charge in [0.05, 0.1) is 21.1 Å². The Hall–Kier alpha value is -3.98. The van der Waals surface area contributed by atoms with Crippen LogP contribution < -0.4 is 9.62 Å². The monoisotopic (exact) mass is 437 g/mol. The molecule has 0 aliphatic rings. The van der Waals surface area contributed by atoms with Crippen molar-refractivity contribution in [1.29, 1.82) is 0 Å². The van der Waals surface area contributed by atoms with Crippen LogP contribution in [0.15, 0.2) is 96.4 Å². The third-order valence-corrected chi connectivity index (χ3v) is 5.77. The van der Waals surface area contributed by atoms with Crippen molar-refractivity contribution in [2.75, 3.05) is 16.2 Å². The van der Waals surface area contributed by atoms with Crippen LogP contribution in [0, 0.1) is 10.1 Å². The summed E-state index contributed by atoms with van der Waals surface area (Å²) >= 11 is 0. The highest BCUT2D eigenvalue weighted by Gasteiger charge is 2.23. The van der Waals surface area contributed by atoms with Crippen molar-refractivity contribution in [2.24, 2.45) is 0 Å². The lowest BCUT2D eigenvalue weighted by molar-refractivity contribution is -0.384. The molecule has 8 nitrogen and oxygen atoms in total. The number of hydrogen-bond donors (Lipinski definition) is 1. The summed E-state index contributed by atoms with van der Waals surface area (Å²) in [4.78, 5) is 24.8. The number of carbonyl (C=O) groups is 1. The van der Waals surface area contributed by atoms with Crippen LogP contribution in [0.5, 0.6) is 0 Å². The summed E-state index contributed by atoms with van der Waals surface area (Å²) in [6.07, 6.45) is 1.58. The van der Waals surface area contributed by atoms with Crippen LogP contribution in [0.25, 0.3) is 0 Å². The molecule has 3 aromatic carbocycles. The highest BCUT2D eigenvalue weighted by Crippen LogP contribution is 2.25. The lowest BCUT2D eigenvalue weighted by Crippen LogP contribution is -2.32. The summed E-state index contributed by atoms with van der Waals surface area (Å²) in [6, 6.07) is 19.7. The first-order valence-corrected chi connectivity index (χ1v) is 10.7. The molecule has 0 aliphatic carbocycles. The number of carbonyl (C=O) groups excluding carboxylic acids is 1. The van der Waals surface area contributed by atoms with Crippen molar-refractivity contribution >= 4 is 33.0 Å². The minimum absolute atomic E-state index is 0.0934. The highest BCUT2D eigenvalue weighted by molar-refractivity contribution is 7.92. The molecule has 0 radical (unpaired) electrons. The Morgan fingerprint density at radius 2 is 1.61 bits per heavy atom. The highest BCUT2D eigenvalue weighted by atomic mass is 32.2. The third kappa shape index (κ3) is 4.96. The van der Waals surface area contributed by atoms with Crippen molar-refractivity contribution in [3.05, 3.63) is 107 Å². The number of amides is 1. The van der Waals surface area contributed by atoms with Gasteiger partial charge in [-0.05, 0) is 36.4 Å². The molecule has 0 aliphatic heterocycles. The fourth-order valence-electron chi connectivity index (χ4n) is 2.90. The largest absolute Gasteiger partial charge is 0.305 e. The molecule has 0 aromatic heterocycles. The molecule has 0 fully saturated rings. The molecule has 158 valence electrons. The van der Waals surface area contributed by atoms with Gasteiger partial charge in [0.2, 0.25) is 0 Å². The normalized spacial score (nSPS) is 10.8. The van der Waals surface area contributed by atoms with E-state index in [1.54, 1.807) is 42.5 Å². The molecule has 0 saturated heterocycles. The maximum Gasteiger partial charge on any atom is 0.269 e. The van der Waals surface area contributed by atoms with Crippen molar-refractivity contribution in [2.45, 2.75) is 4.90 Å². The molecule has 31 heavy (non-hydrogen) atoms. The number of nitro groups is 1. The summed E-state index contributed by atoms with van der Waals surface area (Å²) in [5.41, 5.74) is 0.660. The molecule has 1 N–H and O–H groups in total. The van der Waals surface area contributed by atoms with Crippen molar-refractivity contribution in [1.82, 2.24) is 0 Å². The summed E-state index contributed by atoms with van der Waals surface area (Å²) in [7, 11) is -4.08. The van der Waals surface area contributed by atoms with Crippen LogP contribution in [0.3, 0.4) is 0 Å². The molecule has 0 heterocycles. The van der Waals surface area contributed by atoms with Gasteiger partial charge in [0.15, 0.2) is 0 Å². The number of hydrogen-bond acceptors (Lipinski definition) is 5. The lowest BCUT2D eigenvalue weighted by atomic mass is 10.1. The zero-order valence-electron chi connectivity index (χ0n) is 16.3. The molecule has 9 heteroatoms. The van der Waals surface area contributed by atoms with Gasteiger partial charge in [0, 0.05) is 24.4 Å². The zero-order valence-corrected chi connectivity index (χ0v) is 17.2. The molecule has 3 rings (SSSR count). The summed E-state index contributed by atoms with van der Waals surface area (Å²) in [5.74, 6) is -0.409. The Bertz CT molecular complexity index is 1210. The number of rotatable bonds is 8. The van der Waals surface area contributed by atoms with Crippen LogP contribution in [-0.4, -0.2) is 25.8 Å². The number of para-hydroxylation sites is 2. The van der Waals surface area contributed by atoms with Crippen LogP contribution in [0.1, 0.15) is 10.4 Å². The summed E-state index contributed by atoms with van der Waals surface area (Å²) < 4.78 is 28.0. The molecular weight excluding hydrogens is 418 g/mol. The second-order valence-electron chi connectivity index (χ2n) is 6.44. The van der Waals surface area contributed by atoms with Crippen LogP contribution in [0.4, 0.5) is 17.1 Å². The van der Waals surface area contributed by atoms with Crippen LogP contribution >= 0.6 is 0 Å². The van der Waals surface area contributed by atoms with Gasteiger partial charge < -0.3 is 4.90 Å². The standard InChI is InChI=1S/C22H19N3O5S/c1-2-16-24(17-8-4-3-5-9-17)22(26)20-10-6-7-11-21(20)23-31(29,30)19-14-12-18(13-15-19)25(27)28/h2-15,23H,1,16H2. The van der Waals surface area contributed by atoms with E-state index in [1.165, 1.54) is 17.0 Å². The number of nitrogens with zero attached hydrogens (tertiary/aromatic N) is 2. The number of nitro benzene ring substituents is 1. The SMILES string of the molecule is C=CCN(C(=O)c1ccccc1NS(=O)(=O)c1ccc([N+](=O)[O-])cc1)c1ccccc1. The van der Waals surface area contributed by atoms with E-state index in [9.17, 15) is 23.3 Å². The van der Waals surface area contributed by atoms with Crippen molar-refractivity contribution < 1.29 is 18.1 Å². The lowest BCUT2D eigenvalue weighted by Gasteiger charge is -2.23. The predicted molar refractivity (Wildman–Crippen MR) is 119 cm³/mol. The topological polar surface area (TPSA) is 110 Å². The Morgan fingerprint density at radius 1 is 1.00 bits per heavy atom. The van der Waals surface area contributed by atoms with Gasteiger partial charge >= 0.3 is 0 Å². The molecule has 3 aromatic rings. The fourth-order valence-corrected chi connectivity index (χ4v) is 3.98. The number of sulfonamides is 1. The number of non-ortho nitro benzene ring substituents is 1. The second-order valence-corrected chi connectivity index (χ2v) is 8.12. The quantitative estimate of drug-likeness (QED) is 0.322. The van der Waals surface area contributed by atoms with E-state index in [4.69, 9.17) is 0 Å². The van der Waals surface area contributed by atoms with Gasteiger partial charge in [-0.1, -0.05) is 36.4 Å². The van der Waals surface area contributed by atoms with Crippen LogP contribution in [0.2, 0.25) is 0 Å². The predicted octanol–water partition coefficient (Wildman–Crippen LogP) is 4.23. The summed E-state index contributed by atoms with van der Waals surface area (Å²) in [6.45, 7) is 3.92. The number of benzene rings is 3. The van der Waals surface area contributed by atoms with E-state index in [0.29, 0.717) is 5.69 Å². The molecular formula is C22H19N3O5S. The average molecular weight is 437 g/mol. The van der Waals surface area contributed by atoms with Gasteiger partial charge in [-0.2, -0.15) is 0 Å². The maximum atomic E-state index is 13.3. The van der Waals surface area contributed by atoms with Crippen LogP contribution in [-0.2, 0) is 10.0 Å². The Kier molecular flexibility index (Phi) is 6.46. The van der Waals surface area contributed by atoms with E-state index in [0.717, 1.165) is 24.3 Å². The van der Waals surface area contributed by atoms with E-state index in [2.05, 4.69) is 11.3 Å². The summed E-state index contributed by atoms with van der Waals surface area (Å²) in [5, 5.41) is 10.8. The van der Waals surface area contributed by atoms with Gasteiger partial charge in [0.1, 0.15) is 0 Å². The van der Waals surface area contributed by atoms with Gasteiger partial charge in [0.25, 0.3) is 21.6 Å². The van der Waals surface area contributed by atoms with E-state index in [1.807, 2.05) is 6.07 Å². The maximum absolute atomic E-state index is 13.3. The smallest absolute Gasteiger partial charge is 0.269 e. The van der Waals surface area contributed by atoms with Crippen molar-refractivity contribution in [3.63, 3.8) is 0 Å². The number of nitrogens with one attached hydrogen (secondary N) is 1. The first-order valence-electron chi connectivity index (χ1n) is 9.17. The molecule has 1 amide bonds. The second kappa shape index (κ2) is 9.23. The minimum atomic E-state index is -4.08. The molecule has 0 spiro atoms. The Labute approximate surface area is 179 Å². The molecule has 0 unspecified atom stereocenters. The fraction of sp³-hybridized carbons (Fsp3) is 0.0455. The van der Waals surface area contributed by atoms with Gasteiger partial charge in [-0.25, -0.2) is 8.42 Å². The zero-order chi connectivity index (χ0) is 22.4.